The Kier molecular flexibility index (Phi) is 18.9. The average molecular weight is 1100 g/mol. The highest BCUT2D eigenvalue weighted by molar-refractivity contribution is 5.52. The number of aryl methyl sites for hydroxylation is 14. The van der Waals surface area contributed by atoms with Gasteiger partial charge in [-0.2, -0.15) is 19.7 Å². The van der Waals surface area contributed by atoms with Crippen molar-refractivity contribution in [2.45, 2.75) is 104 Å². The number of nitrogens with zero attached hydrogens (tertiary/aromatic N) is 18. The van der Waals surface area contributed by atoms with Gasteiger partial charge in [-0.05, 0) is 143 Å². The summed E-state index contributed by atoms with van der Waals surface area (Å²) in [6, 6.07) is 11.9. The topological polar surface area (TPSA) is 284 Å². The van der Waals surface area contributed by atoms with Crippen LogP contribution in [0.2, 0.25) is 0 Å². The number of hydrogen-bond donors (Lipinski definition) is 0. The smallest absolute Gasteiger partial charge is 0.269 e. The molecule has 0 aliphatic rings. The van der Waals surface area contributed by atoms with Gasteiger partial charge in [0.05, 0.1) is 5.69 Å². The summed E-state index contributed by atoms with van der Waals surface area (Å²) in [5.41, 5.74) is 14.3. The number of fused-ring (bicyclic) bond motifs is 6. The molecule has 0 saturated heterocycles. The molecule has 0 spiro atoms. The van der Waals surface area contributed by atoms with Crippen molar-refractivity contribution in [1.29, 1.82) is 0 Å². The van der Waals surface area contributed by atoms with Crippen molar-refractivity contribution in [2.75, 3.05) is 0 Å². The lowest BCUT2D eigenvalue weighted by atomic mass is 10.1. The highest BCUT2D eigenvalue weighted by atomic mass is 16.2. The summed E-state index contributed by atoms with van der Waals surface area (Å²) < 4.78 is 9.01. The van der Waals surface area contributed by atoms with Gasteiger partial charge in [0.1, 0.15) is 29.6 Å². The maximum absolute atomic E-state index is 11.8. The molecule has 12 aromatic rings. The first-order chi connectivity index (χ1) is 38.0. The molecule has 0 aliphatic carbocycles. The lowest BCUT2D eigenvalue weighted by molar-refractivity contribution is 0.859. The summed E-state index contributed by atoms with van der Waals surface area (Å²) in [4.78, 5) is 105. The van der Waals surface area contributed by atoms with Crippen LogP contribution in [0.5, 0.6) is 0 Å². The van der Waals surface area contributed by atoms with Gasteiger partial charge in [-0.15, -0.1) is 5.10 Å². The fourth-order valence-electron chi connectivity index (χ4n) is 8.26. The fourth-order valence-corrected chi connectivity index (χ4v) is 8.26. The molecule has 0 unspecified atom stereocenters. The molecule has 0 bridgehead atoms. The van der Waals surface area contributed by atoms with E-state index in [1.54, 1.807) is 59.7 Å². The molecule has 24 heteroatoms. The Morgan fingerprint density at radius 3 is 1.79 bits per heavy atom. The molecule has 0 saturated carbocycles. The molecule has 12 aromatic heterocycles. The van der Waals surface area contributed by atoms with E-state index in [-0.39, 0.29) is 40.9 Å². The second kappa shape index (κ2) is 25.5. The molecule has 12 heterocycles. The minimum absolute atomic E-state index is 0. The second-order valence-electron chi connectivity index (χ2n) is 18.7. The quantitative estimate of drug-likeness (QED) is 0.181. The van der Waals surface area contributed by atoms with Gasteiger partial charge >= 0.3 is 5.69 Å². The molecule has 0 radical (unpaired) electrons. The summed E-state index contributed by atoms with van der Waals surface area (Å²) in [6.45, 7) is 26.4. The Morgan fingerprint density at radius 2 is 1.09 bits per heavy atom. The highest BCUT2D eigenvalue weighted by Crippen LogP contribution is 2.14. The van der Waals surface area contributed by atoms with Gasteiger partial charge < -0.3 is 0 Å². The van der Waals surface area contributed by atoms with E-state index in [1.165, 1.54) is 60.8 Å². The lowest BCUT2D eigenvalue weighted by Crippen LogP contribution is -2.20. The van der Waals surface area contributed by atoms with E-state index in [2.05, 4.69) is 60.2 Å². The predicted molar refractivity (Wildman–Crippen MR) is 309 cm³/mol. The summed E-state index contributed by atoms with van der Waals surface area (Å²) >= 11 is 0. The van der Waals surface area contributed by atoms with Crippen molar-refractivity contribution in [3.05, 3.63) is 240 Å². The summed E-state index contributed by atoms with van der Waals surface area (Å²) in [5, 5.41) is 11.5. The Balaban J connectivity index is 0.000000156. The van der Waals surface area contributed by atoms with Crippen LogP contribution < -0.4 is 33.5 Å². The monoisotopic (exact) mass is 1090 g/mol. The van der Waals surface area contributed by atoms with E-state index in [4.69, 9.17) is 0 Å². The molecule has 0 aliphatic heterocycles. The van der Waals surface area contributed by atoms with E-state index in [9.17, 15) is 28.8 Å². The van der Waals surface area contributed by atoms with Crippen LogP contribution in [0, 0.1) is 96.9 Å². The number of aromatic nitrogens is 18. The van der Waals surface area contributed by atoms with Gasteiger partial charge in [0.15, 0.2) is 16.9 Å². The number of rotatable bonds is 0. The molecule has 0 fully saturated rings. The van der Waals surface area contributed by atoms with Crippen molar-refractivity contribution in [2.24, 2.45) is 0 Å². The normalized spacial score (nSPS) is 10.5. The Morgan fingerprint density at radius 1 is 0.407 bits per heavy atom. The molecule has 0 amide bonds. The third-order valence-electron chi connectivity index (χ3n) is 12.7. The molecule has 0 N–H and O–H groups in total. The molecule has 0 atom stereocenters. The van der Waals surface area contributed by atoms with Crippen LogP contribution in [0.15, 0.2) is 127 Å². The van der Waals surface area contributed by atoms with E-state index in [0.29, 0.717) is 45.4 Å². The molecule has 416 valence electrons. The zero-order valence-corrected chi connectivity index (χ0v) is 46.7. The molecule has 12 rings (SSSR count). The number of pyridine rings is 2. The van der Waals surface area contributed by atoms with Crippen LogP contribution in [0.25, 0.3) is 34.0 Å². The van der Waals surface area contributed by atoms with Crippen molar-refractivity contribution >= 4 is 34.0 Å². The standard InChI is InChI=1S/4C10H11N3O.2C8H7N3O.CH4/c1-6-5-11-8(3)13-9(14)4-7(2)12-10(6)13;1-6-4-12-9-8(3)11-5-7(2)13(9)10(6)14;1-6-4-7(2)13-9(8(6)3)11-5-12-10(13)14;1-6-4-7(2)10-12-11-5-9(14)13(10)8(6)3;1-6-2-5-10-11-7(12)3-4-9-8(6)11;1-6-2-4-9-8-10-5-3-7(12)11(6)8;/h4*4-5H,1-3H3;2*2-5H,1H3;1H4. The largest absolute Gasteiger partial charge is 0.355 e. The van der Waals surface area contributed by atoms with Gasteiger partial charge in [-0.1, -0.05) is 13.5 Å². The summed E-state index contributed by atoms with van der Waals surface area (Å²) in [5.74, 6) is 1.12. The van der Waals surface area contributed by atoms with Gasteiger partial charge in [0.25, 0.3) is 27.8 Å². The van der Waals surface area contributed by atoms with Crippen molar-refractivity contribution in [1.82, 2.24) is 86.7 Å². The minimum Gasteiger partial charge on any atom is -0.269 e. The Bertz CT molecular complexity index is 4710. The first-order valence-electron chi connectivity index (χ1n) is 24.8. The van der Waals surface area contributed by atoms with Crippen LogP contribution in [0.1, 0.15) is 86.4 Å². The van der Waals surface area contributed by atoms with Crippen molar-refractivity contribution in [3.8, 4) is 0 Å². The molecule has 24 nitrogen and oxygen atoms in total. The Labute approximate surface area is 463 Å². The van der Waals surface area contributed by atoms with Gasteiger partial charge in [-0.25, -0.2) is 52.9 Å². The van der Waals surface area contributed by atoms with Crippen LogP contribution in [0.3, 0.4) is 0 Å². The average Bonchev–Trinajstić information content (AvgIpc) is 3.63. The number of hydrogen-bond acceptors (Lipinski definition) is 18. The Hall–Kier alpha value is -10.3. The van der Waals surface area contributed by atoms with Crippen LogP contribution >= 0.6 is 0 Å². The van der Waals surface area contributed by atoms with Crippen LogP contribution in [0.4, 0.5) is 0 Å². The van der Waals surface area contributed by atoms with E-state index in [0.717, 1.165) is 67.5 Å². The third-order valence-corrected chi connectivity index (χ3v) is 12.7. The van der Waals surface area contributed by atoms with Gasteiger partial charge in [-0.3, -0.25) is 37.8 Å². The predicted octanol–water partition coefficient (Wildman–Crippen LogP) is 5.49. The van der Waals surface area contributed by atoms with Gasteiger partial charge in [0, 0.05) is 101 Å². The van der Waals surface area contributed by atoms with E-state index < -0.39 is 0 Å². The first-order valence-corrected chi connectivity index (χ1v) is 24.8. The van der Waals surface area contributed by atoms with Crippen molar-refractivity contribution < 1.29 is 0 Å². The van der Waals surface area contributed by atoms with Crippen molar-refractivity contribution in [3.63, 3.8) is 0 Å². The van der Waals surface area contributed by atoms with E-state index in [1.807, 2.05) is 101 Å². The maximum atomic E-state index is 11.8. The fraction of sp³-hybridized carbons (Fsp3) is 0.263. The molecule has 81 heavy (non-hydrogen) atoms. The zero-order chi connectivity index (χ0) is 58.3. The third kappa shape index (κ3) is 13.0. The molecular weight excluding hydrogens is 1030 g/mol. The van der Waals surface area contributed by atoms with Gasteiger partial charge in [0.2, 0.25) is 5.78 Å². The first kappa shape index (κ1) is 60.0. The lowest BCUT2D eigenvalue weighted by Gasteiger charge is -2.08. The molecule has 0 aromatic carbocycles. The van der Waals surface area contributed by atoms with Crippen LogP contribution in [-0.4, -0.2) is 86.7 Å². The minimum atomic E-state index is -0.268. The summed E-state index contributed by atoms with van der Waals surface area (Å²) in [7, 11) is 0. The second-order valence-corrected chi connectivity index (χ2v) is 18.7. The highest BCUT2D eigenvalue weighted by Gasteiger charge is 2.10. The zero-order valence-electron chi connectivity index (χ0n) is 46.7. The SMILES string of the molecule is C.Cc1cc(=O)n2c(C)ncc(C)c2n1.Cc1cc(C)c2nncc(=O)n2c1C.Cc1cc(C)n2c(=O)ncnc2c1C.Cc1ccnc2nccc(=O)n12.Cc1ccnn2c(=O)ccnc12.Cc1cnc2c(C)ncc(C)n2c1=O. The van der Waals surface area contributed by atoms with Crippen LogP contribution in [-0.2, 0) is 0 Å². The van der Waals surface area contributed by atoms with E-state index >= 15 is 0 Å². The summed E-state index contributed by atoms with van der Waals surface area (Å²) in [6.07, 6.45) is 13.7. The molecular formula is C57H62N18O6. The maximum Gasteiger partial charge on any atom is 0.355 e.